The minimum Gasteiger partial charge on any atom is -0.296 e. The molecule has 6 rings (SSSR count). The van der Waals surface area contributed by atoms with Crippen molar-refractivity contribution in [2.75, 3.05) is 6.54 Å². The molecule has 3 aromatic carbocycles. The second-order valence-electron chi connectivity index (χ2n) is 9.26. The average molecular weight is 521 g/mol. The number of benzene rings is 3. The van der Waals surface area contributed by atoms with Gasteiger partial charge in [0, 0.05) is 30.5 Å². The zero-order valence-corrected chi connectivity index (χ0v) is 21.6. The van der Waals surface area contributed by atoms with Gasteiger partial charge in [-0.1, -0.05) is 48.5 Å². The van der Waals surface area contributed by atoms with Crippen LogP contribution in [0.15, 0.2) is 83.0 Å². The molecular weight excluding hydrogens is 496 g/mol. The Labute approximate surface area is 223 Å². The molecule has 0 atom stereocenters. The quantitative estimate of drug-likeness (QED) is 0.285. The summed E-state index contributed by atoms with van der Waals surface area (Å²) in [6.07, 6.45) is 0.921. The molecule has 1 aliphatic rings. The standard InChI is InChI=1S/C30H24N4O3S/c1-19-31-26(18-38-19)21-12-10-20(11-13-21)14-16-33-27(32-25-9-5-4-8-24(25)30(33)37)15-17-34-28(35)22-6-2-3-7-23(22)29(34)36/h2-13,18H,14-17H2,1H3. The van der Waals surface area contributed by atoms with E-state index >= 15 is 0 Å². The van der Waals surface area contributed by atoms with Gasteiger partial charge in [-0.2, -0.15) is 0 Å². The molecule has 0 fully saturated rings. The SMILES string of the molecule is Cc1nc(-c2ccc(CCn3c(CCN4C(=O)c5ccccc5C4=O)nc4ccccc4c3=O)cc2)cs1. The molecule has 8 heteroatoms. The van der Waals surface area contributed by atoms with Gasteiger partial charge < -0.3 is 0 Å². The fourth-order valence-corrected chi connectivity index (χ4v) is 5.49. The smallest absolute Gasteiger partial charge is 0.261 e. The first-order chi connectivity index (χ1) is 18.5. The molecule has 0 radical (unpaired) electrons. The van der Waals surface area contributed by atoms with E-state index in [9.17, 15) is 14.4 Å². The van der Waals surface area contributed by atoms with E-state index in [1.54, 1.807) is 46.2 Å². The fraction of sp³-hybridized carbons (Fsp3) is 0.167. The van der Waals surface area contributed by atoms with E-state index < -0.39 is 0 Å². The highest BCUT2D eigenvalue weighted by atomic mass is 32.1. The molecular formula is C30H24N4O3S. The van der Waals surface area contributed by atoms with Crippen molar-refractivity contribution in [3.05, 3.63) is 116 Å². The summed E-state index contributed by atoms with van der Waals surface area (Å²) in [4.78, 5) is 49.7. The number of fused-ring (bicyclic) bond motifs is 2. The highest BCUT2D eigenvalue weighted by Gasteiger charge is 2.34. The number of carbonyl (C=O) groups is 2. The van der Waals surface area contributed by atoms with Gasteiger partial charge in [-0.15, -0.1) is 11.3 Å². The van der Waals surface area contributed by atoms with Gasteiger partial charge in [0.15, 0.2) is 0 Å². The predicted octanol–water partition coefficient (Wildman–Crippen LogP) is 4.91. The van der Waals surface area contributed by atoms with Crippen molar-refractivity contribution in [2.45, 2.75) is 26.3 Å². The minimum atomic E-state index is -0.310. The Hall–Kier alpha value is -4.43. The van der Waals surface area contributed by atoms with Crippen molar-refractivity contribution < 1.29 is 9.59 Å². The summed E-state index contributed by atoms with van der Waals surface area (Å²) < 4.78 is 1.68. The lowest BCUT2D eigenvalue weighted by Gasteiger charge is -2.17. The van der Waals surface area contributed by atoms with E-state index in [4.69, 9.17) is 4.98 Å². The number of aryl methyl sites for hydroxylation is 2. The van der Waals surface area contributed by atoms with Crippen LogP contribution < -0.4 is 5.56 Å². The predicted molar refractivity (Wildman–Crippen MR) is 148 cm³/mol. The molecule has 188 valence electrons. The molecule has 0 aliphatic carbocycles. The average Bonchev–Trinajstić information content (AvgIpc) is 3.48. The molecule has 38 heavy (non-hydrogen) atoms. The van der Waals surface area contributed by atoms with Crippen molar-refractivity contribution in [2.24, 2.45) is 0 Å². The number of carbonyl (C=O) groups excluding carboxylic acids is 2. The van der Waals surface area contributed by atoms with Crippen molar-refractivity contribution in [1.82, 2.24) is 19.4 Å². The number of amides is 2. The third-order valence-corrected chi connectivity index (χ3v) is 7.64. The van der Waals surface area contributed by atoms with Crippen molar-refractivity contribution in [1.29, 1.82) is 0 Å². The van der Waals surface area contributed by atoms with Crippen LogP contribution in [0.25, 0.3) is 22.2 Å². The van der Waals surface area contributed by atoms with Crippen LogP contribution in [0.5, 0.6) is 0 Å². The Balaban J connectivity index is 1.25. The second-order valence-corrected chi connectivity index (χ2v) is 10.3. The van der Waals surface area contributed by atoms with E-state index in [2.05, 4.69) is 29.2 Å². The summed E-state index contributed by atoms with van der Waals surface area (Å²) in [5.41, 5.74) is 4.42. The Morgan fingerprint density at radius 2 is 1.45 bits per heavy atom. The lowest BCUT2D eigenvalue weighted by molar-refractivity contribution is 0.0655. The molecule has 0 bridgehead atoms. The van der Waals surface area contributed by atoms with Gasteiger partial charge in [0.25, 0.3) is 17.4 Å². The maximum absolute atomic E-state index is 13.5. The summed E-state index contributed by atoms with van der Waals surface area (Å²) in [5, 5.41) is 3.62. The molecule has 7 nitrogen and oxygen atoms in total. The summed E-state index contributed by atoms with van der Waals surface area (Å²) >= 11 is 1.62. The summed E-state index contributed by atoms with van der Waals surface area (Å²) in [5.74, 6) is -0.0637. The molecule has 0 spiro atoms. The fourth-order valence-electron chi connectivity index (χ4n) is 4.87. The van der Waals surface area contributed by atoms with E-state index in [1.165, 1.54) is 4.90 Å². The Morgan fingerprint density at radius 1 is 0.763 bits per heavy atom. The molecule has 1 aliphatic heterocycles. The first-order valence-corrected chi connectivity index (χ1v) is 13.3. The van der Waals surface area contributed by atoms with Crippen LogP contribution in [0.3, 0.4) is 0 Å². The number of hydrogen-bond donors (Lipinski definition) is 0. The minimum absolute atomic E-state index is 0.123. The largest absolute Gasteiger partial charge is 0.296 e. The van der Waals surface area contributed by atoms with Crippen LogP contribution in [0, 0.1) is 6.92 Å². The Kier molecular flexibility index (Phi) is 6.17. The van der Waals surface area contributed by atoms with Crippen LogP contribution in [-0.2, 0) is 19.4 Å². The monoisotopic (exact) mass is 520 g/mol. The van der Waals surface area contributed by atoms with Gasteiger partial charge in [-0.05, 0) is 43.2 Å². The number of thiazole rings is 1. The first kappa shape index (κ1) is 23.9. The lowest BCUT2D eigenvalue weighted by Crippen LogP contribution is -2.34. The van der Waals surface area contributed by atoms with E-state index in [1.807, 2.05) is 30.5 Å². The molecule has 5 aromatic rings. The molecule has 0 N–H and O–H groups in total. The number of aromatic nitrogens is 3. The van der Waals surface area contributed by atoms with Gasteiger partial charge in [-0.3, -0.25) is 23.9 Å². The van der Waals surface area contributed by atoms with Gasteiger partial charge >= 0.3 is 0 Å². The number of imide groups is 1. The number of hydrogen-bond acceptors (Lipinski definition) is 6. The van der Waals surface area contributed by atoms with E-state index in [0.29, 0.717) is 40.8 Å². The van der Waals surface area contributed by atoms with Crippen LogP contribution >= 0.6 is 11.3 Å². The maximum atomic E-state index is 13.5. The molecule has 0 unspecified atom stereocenters. The molecule has 3 heterocycles. The van der Waals surface area contributed by atoms with Crippen molar-refractivity contribution >= 4 is 34.1 Å². The van der Waals surface area contributed by atoms with Crippen LogP contribution in [0.2, 0.25) is 0 Å². The zero-order valence-electron chi connectivity index (χ0n) is 20.8. The summed E-state index contributed by atoms with van der Waals surface area (Å²) in [6, 6.07) is 22.3. The summed E-state index contributed by atoms with van der Waals surface area (Å²) in [7, 11) is 0. The maximum Gasteiger partial charge on any atom is 0.261 e. The Bertz CT molecular complexity index is 1720. The topological polar surface area (TPSA) is 85.2 Å². The molecule has 0 saturated heterocycles. The van der Waals surface area contributed by atoms with Crippen molar-refractivity contribution in [3.63, 3.8) is 0 Å². The number of para-hydroxylation sites is 1. The van der Waals surface area contributed by atoms with Crippen LogP contribution in [-0.4, -0.2) is 37.8 Å². The zero-order chi connectivity index (χ0) is 26.2. The van der Waals surface area contributed by atoms with Gasteiger partial charge in [0.2, 0.25) is 0 Å². The third-order valence-electron chi connectivity index (χ3n) is 6.87. The highest BCUT2D eigenvalue weighted by molar-refractivity contribution is 7.09. The molecule has 0 saturated carbocycles. The van der Waals surface area contributed by atoms with E-state index in [-0.39, 0.29) is 30.3 Å². The normalized spacial score (nSPS) is 12.9. The van der Waals surface area contributed by atoms with Gasteiger partial charge in [0.1, 0.15) is 5.82 Å². The van der Waals surface area contributed by atoms with Gasteiger partial charge in [-0.25, -0.2) is 9.97 Å². The van der Waals surface area contributed by atoms with Crippen molar-refractivity contribution in [3.8, 4) is 11.3 Å². The Morgan fingerprint density at radius 3 is 2.13 bits per heavy atom. The molecule has 2 amide bonds. The van der Waals surface area contributed by atoms with Crippen LogP contribution in [0.4, 0.5) is 0 Å². The number of rotatable bonds is 7. The lowest BCUT2D eigenvalue weighted by atomic mass is 10.1. The first-order valence-electron chi connectivity index (χ1n) is 12.4. The highest BCUT2D eigenvalue weighted by Crippen LogP contribution is 2.24. The third kappa shape index (κ3) is 4.33. The van der Waals surface area contributed by atoms with Crippen LogP contribution in [0.1, 0.15) is 37.1 Å². The molecule has 2 aromatic heterocycles. The second kappa shape index (κ2) is 9.79. The number of nitrogens with zero attached hydrogens (tertiary/aromatic N) is 4. The van der Waals surface area contributed by atoms with Gasteiger partial charge in [0.05, 0.1) is 32.7 Å². The van der Waals surface area contributed by atoms with E-state index in [0.717, 1.165) is 21.8 Å². The summed E-state index contributed by atoms with van der Waals surface area (Å²) in [6.45, 7) is 2.58.